The number of hydrogen-bond acceptors (Lipinski definition) is 6. The molecule has 0 aliphatic carbocycles. The summed E-state index contributed by atoms with van der Waals surface area (Å²) in [5, 5.41) is 16.7. The van der Waals surface area contributed by atoms with Gasteiger partial charge < -0.3 is 15.5 Å². The Morgan fingerprint density at radius 3 is 2.68 bits per heavy atom. The molecule has 4 rings (SSSR count). The van der Waals surface area contributed by atoms with Gasteiger partial charge in [-0.3, -0.25) is 14.8 Å². The number of amides is 1. The maximum atomic E-state index is 13.7. The van der Waals surface area contributed by atoms with Crippen LogP contribution in [0.25, 0.3) is 10.9 Å². The largest absolute Gasteiger partial charge is 0.381 e. The van der Waals surface area contributed by atoms with Gasteiger partial charge >= 0.3 is 0 Å². The third-order valence-electron chi connectivity index (χ3n) is 5.14. The Kier molecular flexibility index (Phi) is 6.57. The normalized spacial score (nSPS) is 10.6. The Morgan fingerprint density at radius 1 is 1.18 bits per heavy atom. The number of anilines is 3. The molecule has 0 radical (unpaired) electrons. The van der Waals surface area contributed by atoms with E-state index in [1.54, 1.807) is 32.6 Å². The van der Waals surface area contributed by atoms with Crippen LogP contribution in [0.4, 0.5) is 21.5 Å². The van der Waals surface area contributed by atoms with Crippen molar-refractivity contribution in [1.29, 1.82) is 5.26 Å². The third-order valence-corrected chi connectivity index (χ3v) is 5.43. The first-order valence-electron chi connectivity index (χ1n) is 10.3. The molecule has 1 amide bonds. The molecule has 0 spiro atoms. The molecule has 2 aromatic heterocycles. The molecule has 0 saturated carbocycles. The minimum absolute atomic E-state index is 0.0517. The van der Waals surface area contributed by atoms with Crippen molar-refractivity contribution >= 4 is 45.5 Å². The Bertz CT molecular complexity index is 1420. The average Bonchev–Trinajstić information content (AvgIpc) is 2.84. The van der Waals surface area contributed by atoms with Crippen molar-refractivity contribution < 1.29 is 9.18 Å². The molecular formula is C25H20ClFN6O. The molecule has 4 aromatic rings. The van der Waals surface area contributed by atoms with Gasteiger partial charge in [0.05, 0.1) is 27.4 Å². The quantitative estimate of drug-likeness (QED) is 0.391. The number of halogens is 2. The summed E-state index contributed by atoms with van der Waals surface area (Å²) < 4.78 is 13.7. The van der Waals surface area contributed by atoms with E-state index in [4.69, 9.17) is 11.6 Å². The molecule has 9 heteroatoms. The van der Waals surface area contributed by atoms with Gasteiger partial charge in [0.2, 0.25) is 0 Å². The van der Waals surface area contributed by atoms with Gasteiger partial charge in [-0.05, 0) is 42.0 Å². The van der Waals surface area contributed by atoms with E-state index in [-0.39, 0.29) is 16.5 Å². The van der Waals surface area contributed by atoms with Crippen molar-refractivity contribution in [3.05, 3.63) is 88.6 Å². The zero-order valence-electron chi connectivity index (χ0n) is 18.4. The van der Waals surface area contributed by atoms with Crippen molar-refractivity contribution in [1.82, 2.24) is 14.9 Å². The van der Waals surface area contributed by atoms with Crippen molar-refractivity contribution in [3.63, 3.8) is 0 Å². The number of fused-ring (bicyclic) bond motifs is 1. The predicted octanol–water partition coefficient (Wildman–Crippen LogP) is 5.35. The molecule has 0 aliphatic rings. The summed E-state index contributed by atoms with van der Waals surface area (Å²) in [6.07, 6.45) is 4.85. The molecule has 0 atom stereocenters. The zero-order chi connectivity index (χ0) is 24.2. The number of aromatic nitrogens is 2. The van der Waals surface area contributed by atoms with Crippen LogP contribution in [-0.2, 0) is 6.54 Å². The van der Waals surface area contributed by atoms with E-state index >= 15 is 0 Å². The van der Waals surface area contributed by atoms with Crippen LogP contribution < -0.4 is 10.6 Å². The first-order valence-corrected chi connectivity index (χ1v) is 10.7. The van der Waals surface area contributed by atoms with Crippen LogP contribution in [-0.4, -0.2) is 34.9 Å². The molecule has 2 aromatic carbocycles. The Labute approximate surface area is 200 Å². The fourth-order valence-electron chi connectivity index (χ4n) is 3.45. The first kappa shape index (κ1) is 23.0. The number of nitriles is 1. The summed E-state index contributed by atoms with van der Waals surface area (Å²) in [5.41, 5.74) is 3.63. The second kappa shape index (κ2) is 9.73. The molecule has 2 N–H and O–H groups in total. The van der Waals surface area contributed by atoms with E-state index in [9.17, 15) is 14.4 Å². The summed E-state index contributed by atoms with van der Waals surface area (Å²) in [7, 11) is 3.32. The molecule has 7 nitrogen and oxygen atoms in total. The Hall–Kier alpha value is -4.22. The average molecular weight is 475 g/mol. The number of nitrogens with one attached hydrogen (secondary N) is 2. The standard InChI is InChI=1S/C25H20ClFN6O/c1-33(2)25(34)20-9-18(30-13-15-4-3-7-29-12-15)8-19-23(16(11-28)14-31-24(19)20)32-17-5-6-22(27)21(26)10-17/h3-10,12,14,30H,13H2,1-2H3,(H,31,32). The lowest BCUT2D eigenvalue weighted by Gasteiger charge is -2.18. The molecule has 0 bridgehead atoms. The number of carbonyl (C=O) groups is 1. The number of carbonyl (C=O) groups excluding carboxylic acids is 1. The highest BCUT2D eigenvalue weighted by Crippen LogP contribution is 2.34. The highest BCUT2D eigenvalue weighted by atomic mass is 35.5. The number of nitrogens with zero attached hydrogens (tertiary/aromatic N) is 4. The van der Waals surface area contributed by atoms with E-state index < -0.39 is 5.82 Å². The van der Waals surface area contributed by atoms with Crippen LogP contribution >= 0.6 is 11.6 Å². The van der Waals surface area contributed by atoms with Gasteiger partial charge in [0.25, 0.3) is 5.91 Å². The number of benzene rings is 2. The molecular weight excluding hydrogens is 455 g/mol. The summed E-state index contributed by atoms with van der Waals surface area (Å²) in [5.74, 6) is -0.781. The molecule has 2 heterocycles. The lowest BCUT2D eigenvalue weighted by molar-refractivity contribution is 0.0829. The van der Waals surface area contributed by atoms with Gasteiger partial charge in [-0.1, -0.05) is 17.7 Å². The smallest absolute Gasteiger partial charge is 0.255 e. The fourth-order valence-corrected chi connectivity index (χ4v) is 3.63. The molecule has 34 heavy (non-hydrogen) atoms. The van der Waals surface area contributed by atoms with Crippen LogP contribution in [0, 0.1) is 17.1 Å². The van der Waals surface area contributed by atoms with Crippen LogP contribution in [0.5, 0.6) is 0 Å². The molecule has 170 valence electrons. The highest BCUT2D eigenvalue weighted by Gasteiger charge is 2.19. The van der Waals surface area contributed by atoms with E-state index in [0.29, 0.717) is 40.1 Å². The van der Waals surface area contributed by atoms with E-state index in [1.807, 2.05) is 18.2 Å². The zero-order valence-corrected chi connectivity index (χ0v) is 19.2. The topological polar surface area (TPSA) is 93.9 Å². The minimum Gasteiger partial charge on any atom is -0.381 e. The van der Waals surface area contributed by atoms with E-state index in [0.717, 1.165) is 5.56 Å². The third kappa shape index (κ3) is 4.75. The Morgan fingerprint density at radius 2 is 2.00 bits per heavy atom. The van der Waals surface area contributed by atoms with Gasteiger partial charge in [-0.2, -0.15) is 5.26 Å². The summed E-state index contributed by atoms with van der Waals surface area (Å²) >= 11 is 5.94. The molecule has 0 aliphatic heterocycles. The maximum Gasteiger partial charge on any atom is 0.255 e. The lowest BCUT2D eigenvalue weighted by Crippen LogP contribution is -2.22. The summed E-state index contributed by atoms with van der Waals surface area (Å²) in [4.78, 5) is 23.0. The summed E-state index contributed by atoms with van der Waals surface area (Å²) in [6, 6.07) is 13.7. The summed E-state index contributed by atoms with van der Waals surface area (Å²) in [6.45, 7) is 0.483. The number of hydrogen-bond donors (Lipinski definition) is 2. The van der Waals surface area contributed by atoms with Gasteiger partial charge in [0.15, 0.2) is 0 Å². The maximum absolute atomic E-state index is 13.7. The molecule has 0 fully saturated rings. The highest BCUT2D eigenvalue weighted by molar-refractivity contribution is 6.31. The predicted molar refractivity (Wildman–Crippen MR) is 131 cm³/mol. The van der Waals surface area contributed by atoms with Crippen molar-refractivity contribution in [2.75, 3.05) is 24.7 Å². The molecule has 0 saturated heterocycles. The van der Waals surface area contributed by atoms with Crippen molar-refractivity contribution in [2.45, 2.75) is 6.54 Å². The lowest BCUT2D eigenvalue weighted by atomic mass is 10.0. The first-order chi connectivity index (χ1) is 16.4. The minimum atomic E-state index is -0.548. The van der Waals surface area contributed by atoms with Crippen LogP contribution in [0.15, 0.2) is 61.1 Å². The van der Waals surface area contributed by atoms with Crippen LogP contribution in [0.1, 0.15) is 21.5 Å². The van der Waals surface area contributed by atoms with Gasteiger partial charge in [-0.25, -0.2) is 4.39 Å². The van der Waals surface area contributed by atoms with Gasteiger partial charge in [-0.15, -0.1) is 0 Å². The fraction of sp³-hybridized carbons (Fsp3) is 0.120. The van der Waals surface area contributed by atoms with Gasteiger partial charge in [0.1, 0.15) is 11.9 Å². The van der Waals surface area contributed by atoms with E-state index in [2.05, 4.69) is 26.7 Å². The SMILES string of the molecule is CN(C)C(=O)c1cc(NCc2cccnc2)cc2c(Nc3ccc(F)c(Cl)c3)c(C#N)cnc12. The second-order valence-corrected chi connectivity index (χ2v) is 8.15. The van der Waals surface area contributed by atoms with Gasteiger partial charge in [0, 0.05) is 56.0 Å². The van der Waals surface area contributed by atoms with Crippen LogP contribution in [0.2, 0.25) is 5.02 Å². The second-order valence-electron chi connectivity index (χ2n) is 7.75. The van der Waals surface area contributed by atoms with Crippen molar-refractivity contribution in [3.8, 4) is 6.07 Å². The van der Waals surface area contributed by atoms with E-state index in [1.165, 1.54) is 29.3 Å². The molecule has 0 unspecified atom stereocenters. The van der Waals surface area contributed by atoms with Crippen LogP contribution in [0.3, 0.4) is 0 Å². The Balaban J connectivity index is 1.86. The monoisotopic (exact) mass is 474 g/mol. The number of rotatable bonds is 6. The van der Waals surface area contributed by atoms with Crippen molar-refractivity contribution in [2.24, 2.45) is 0 Å². The number of pyridine rings is 2.